The van der Waals surface area contributed by atoms with Crippen molar-refractivity contribution >= 4 is 17.3 Å². The molecule has 2 aromatic carbocycles. The topological polar surface area (TPSA) is 62.2 Å². The number of carboxylic acids is 1. The van der Waals surface area contributed by atoms with Crippen LogP contribution in [0.15, 0.2) is 60.8 Å². The van der Waals surface area contributed by atoms with E-state index < -0.39 is 24.4 Å². The van der Waals surface area contributed by atoms with Crippen molar-refractivity contribution < 1.29 is 27.5 Å². The minimum Gasteiger partial charge on any atom is -0.478 e. The summed E-state index contributed by atoms with van der Waals surface area (Å²) < 4.78 is 51.6. The fourth-order valence-electron chi connectivity index (χ4n) is 2.73. The number of rotatable bonds is 5. The van der Waals surface area contributed by atoms with Gasteiger partial charge in [-0.1, -0.05) is 24.3 Å². The van der Waals surface area contributed by atoms with E-state index in [1.807, 2.05) is 0 Å². The highest BCUT2D eigenvalue weighted by Gasteiger charge is 2.29. The van der Waals surface area contributed by atoms with Gasteiger partial charge in [-0.05, 0) is 35.9 Å². The Labute approximate surface area is 157 Å². The smallest absolute Gasteiger partial charge is 0.393 e. The lowest BCUT2D eigenvalue weighted by Gasteiger charge is -2.13. The Kier molecular flexibility index (Phi) is 5.30. The molecule has 3 aromatic rings. The van der Waals surface area contributed by atoms with Crippen LogP contribution in [0.5, 0.6) is 0 Å². The summed E-state index contributed by atoms with van der Waals surface area (Å²) in [5, 5.41) is 12.0. The average Bonchev–Trinajstić information content (AvgIpc) is 2.63. The number of aromatic nitrogens is 1. The first-order valence-electron chi connectivity index (χ1n) is 8.14. The van der Waals surface area contributed by atoms with Gasteiger partial charge in [0.25, 0.3) is 0 Å². The average molecular weight is 390 g/mol. The van der Waals surface area contributed by atoms with Crippen LogP contribution in [0.25, 0.3) is 11.3 Å². The Morgan fingerprint density at radius 1 is 1.07 bits per heavy atom. The number of benzene rings is 2. The van der Waals surface area contributed by atoms with Crippen molar-refractivity contribution in [3.05, 3.63) is 77.7 Å². The molecule has 0 aliphatic rings. The summed E-state index contributed by atoms with van der Waals surface area (Å²) in [5.74, 6) is -1.98. The largest absolute Gasteiger partial charge is 0.478 e. The van der Waals surface area contributed by atoms with Crippen molar-refractivity contribution in [2.24, 2.45) is 0 Å². The number of carboxylic acid groups (broad SMARTS) is 1. The predicted molar refractivity (Wildman–Crippen MR) is 96.1 cm³/mol. The van der Waals surface area contributed by atoms with Gasteiger partial charge in [0, 0.05) is 5.56 Å². The lowest BCUT2D eigenvalue weighted by Crippen LogP contribution is -2.12. The third-order valence-electron chi connectivity index (χ3n) is 3.94. The molecule has 0 aliphatic carbocycles. The lowest BCUT2D eigenvalue weighted by molar-refractivity contribution is -0.127. The molecule has 0 radical (unpaired) electrons. The van der Waals surface area contributed by atoms with Crippen molar-refractivity contribution in [1.29, 1.82) is 0 Å². The molecule has 144 valence electrons. The maximum Gasteiger partial charge on any atom is 0.393 e. The van der Waals surface area contributed by atoms with E-state index in [0.717, 1.165) is 12.1 Å². The molecule has 0 unspecified atom stereocenters. The van der Waals surface area contributed by atoms with Crippen LogP contribution in [-0.2, 0) is 6.42 Å². The molecule has 1 aromatic heterocycles. The fourth-order valence-corrected chi connectivity index (χ4v) is 2.73. The standard InChI is InChI=1S/C20H14F4N2O2/c21-13-5-7-18(16(9-13)19(27)28)26-14-6-8-17(25-11-14)15-4-2-1-3-12(15)10-20(22,23)24/h1-9,11,26H,10H2,(H,27,28). The number of anilines is 2. The van der Waals surface area contributed by atoms with E-state index in [0.29, 0.717) is 16.9 Å². The van der Waals surface area contributed by atoms with Gasteiger partial charge in [0.05, 0.1) is 35.2 Å². The first kappa shape index (κ1) is 19.3. The van der Waals surface area contributed by atoms with Crippen LogP contribution < -0.4 is 5.32 Å². The van der Waals surface area contributed by atoms with Crippen LogP contribution in [0.2, 0.25) is 0 Å². The van der Waals surface area contributed by atoms with E-state index in [4.69, 9.17) is 0 Å². The summed E-state index contributed by atoms with van der Waals surface area (Å²) in [4.78, 5) is 15.4. The van der Waals surface area contributed by atoms with Gasteiger partial charge < -0.3 is 10.4 Å². The summed E-state index contributed by atoms with van der Waals surface area (Å²) in [5.41, 5.74) is 1.14. The van der Waals surface area contributed by atoms with Gasteiger partial charge in [-0.2, -0.15) is 13.2 Å². The van der Waals surface area contributed by atoms with E-state index >= 15 is 0 Å². The number of alkyl halides is 3. The normalized spacial score (nSPS) is 11.3. The number of pyridine rings is 1. The first-order chi connectivity index (χ1) is 13.2. The SMILES string of the molecule is O=C(O)c1cc(F)ccc1Nc1ccc(-c2ccccc2CC(F)(F)F)nc1. The highest BCUT2D eigenvalue weighted by Crippen LogP contribution is 2.29. The number of nitrogens with one attached hydrogen (secondary N) is 1. The molecule has 8 heteroatoms. The van der Waals surface area contributed by atoms with E-state index in [-0.39, 0.29) is 16.8 Å². The Morgan fingerprint density at radius 2 is 1.82 bits per heavy atom. The third-order valence-corrected chi connectivity index (χ3v) is 3.94. The number of hydrogen-bond donors (Lipinski definition) is 2. The molecule has 3 rings (SSSR count). The zero-order valence-electron chi connectivity index (χ0n) is 14.3. The van der Waals surface area contributed by atoms with Crippen LogP contribution in [0.4, 0.5) is 28.9 Å². The van der Waals surface area contributed by atoms with Gasteiger partial charge in [0.1, 0.15) is 5.82 Å². The lowest BCUT2D eigenvalue weighted by atomic mass is 10.0. The first-order valence-corrected chi connectivity index (χ1v) is 8.14. The number of nitrogens with zero attached hydrogens (tertiary/aromatic N) is 1. The Balaban J connectivity index is 1.87. The maximum absolute atomic E-state index is 13.3. The van der Waals surface area contributed by atoms with E-state index in [9.17, 15) is 27.5 Å². The molecular formula is C20H14F4N2O2. The van der Waals surface area contributed by atoms with Crippen molar-refractivity contribution in [2.75, 3.05) is 5.32 Å². The number of aromatic carboxylic acids is 1. The van der Waals surface area contributed by atoms with Crippen LogP contribution in [-0.4, -0.2) is 22.2 Å². The molecule has 0 spiro atoms. The molecule has 2 N–H and O–H groups in total. The summed E-state index contributed by atoms with van der Waals surface area (Å²) in [7, 11) is 0. The predicted octanol–water partition coefficient (Wildman–Crippen LogP) is 5.43. The van der Waals surface area contributed by atoms with Crippen molar-refractivity contribution in [3.63, 3.8) is 0 Å². The summed E-state index contributed by atoms with van der Waals surface area (Å²) in [6.07, 6.45) is -4.04. The van der Waals surface area contributed by atoms with Gasteiger partial charge >= 0.3 is 12.1 Å². The van der Waals surface area contributed by atoms with Crippen molar-refractivity contribution in [3.8, 4) is 11.3 Å². The Bertz CT molecular complexity index is 1000. The minimum atomic E-state index is -4.34. The van der Waals surface area contributed by atoms with Crippen molar-refractivity contribution in [2.45, 2.75) is 12.6 Å². The van der Waals surface area contributed by atoms with Crippen LogP contribution >= 0.6 is 0 Å². The Morgan fingerprint density at radius 3 is 2.46 bits per heavy atom. The summed E-state index contributed by atoms with van der Waals surface area (Å²) in [6.45, 7) is 0. The molecule has 0 fully saturated rings. The van der Waals surface area contributed by atoms with Gasteiger partial charge in [-0.3, -0.25) is 4.98 Å². The second kappa shape index (κ2) is 7.67. The Hall–Kier alpha value is -3.42. The number of halogens is 4. The molecule has 0 aliphatic heterocycles. The van der Waals surface area contributed by atoms with Gasteiger partial charge in [0.15, 0.2) is 0 Å². The highest BCUT2D eigenvalue weighted by molar-refractivity contribution is 5.95. The van der Waals surface area contributed by atoms with E-state index in [2.05, 4.69) is 10.3 Å². The monoisotopic (exact) mass is 390 g/mol. The van der Waals surface area contributed by atoms with Crippen LogP contribution in [0.3, 0.4) is 0 Å². The number of carbonyl (C=O) groups is 1. The summed E-state index contributed by atoms with van der Waals surface area (Å²) >= 11 is 0. The molecule has 28 heavy (non-hydrogen) atoms. The molecule has 0 saturated carbocycles. The molecule has 0 bridgehead atoms. The summed E-state index contributed by atoms with van der Waals surface area (Å²) in [6, 6.07) is 12.5. The number of hydrogen-bond acceptors (Lipinski definition) is 3. The maximum atomic E-state index is 13.3. The molecule has 0 atom stereocenters. The van der Waals surface area contributed by atoms with Crippen molar-refractivity contribution in [1.82, 2.24) is 4.98 Å². The van der Waals surface area contributed by atoms with Gasteiger partial charge in [0.2, 0.25) is 0 Å². The zero-order chi connectivity index (χ0) is 20.3. The highest BCUT2D eigenvalue weighted by atomic mass is 19.4. The fraction of sp³-hybridized carbons (Fsp3) is 0.100. The second-order valence-corrected chi connectivity index (χ2v) is 6.00. The molecule has 0 saturated heterocycles. The van der Waals surface area contributed by atoms with Gasteiger partial charge in [-0.25, -0.2) is 9.18 Å². The van der Waals surface area contributed by atoms with Crippen LogP contribution in [0, 0.1) is 5.82 Å². The quantitative estimate of drug-likeness (QED) is 0.570. The van der Waals surface area contributed by atoms with E-state index in [1.54, 1.807) is 18.2 Å². The molecule has 0 amide bonds. The zero-order valence-corrected chi connectivity index (χ0v) is 14.3. The molecule has 4 nitrogen and oxygen atoms in total. The van der Waals surface area contributed by atoms with E-state index in [1.165, 1.54) is 30.5 Å². The van der Waals surface area contributed by atoms with Gasteiger partial charge in [-0.15, -0.1) is 0 Å². The second-order valence-electron chi connectivity index (χ2n) is 6.00. The minimum absolute atomic E-state index is 0.106. The molecular weight excluding hydrogens is 376 g/mol. The molecule has 1 heterocycles. The van der Waals surface area contributed by atoms with Crippen LogP contribution in [0.1, 0.15) is 15.9 Å². The third kappa shape index (κ3) is 4.64.